The first kappa shape index (κ1) is 14.3. The summed E-state index contributed by atoms with van der Waals surface area (Å²) in [4.78, 5) is 13.4. The quantitative estimate of drug-likeness (QED) is 0.816. The molecule has 0 atom stereocenters. The van der Waals surface area contributed by atoms with E-state index in [9.17, 15) is 4.79 Å². The molecule has 2 rings (SSSR count). The highest BCUT2D eigenvalue weighted by atomic mass is 79.9. The molecule has 1 aromatic carbocycles. The zero-order valence-electron chi connectivity index (χ0n) is 10.8. The Balaban J connectivity index is 1.79. The Bertz CT molecular complexity index is 444. The van der Waals surface area contributed by atoms with Gasteiger partial charge in [0.1, 0.15) is 5.75 Å². The number of hydrogen-bond donors (Lipinski definition) is 1. The fourth-order valence-corrected chi connectivity index (χ4v) is 2.66. The fourth-order valence-electron chi connectivity index (χ4n) is 2.24. The molecule has 4 nitrogen and oxygen atoms in total. The zero-order valence-corrected chi connectivity index (χ0v) is 12.4. The number of halogens is 1. The van der Waals surface area contributed by atoms with E-state index >= 15 is 0 Å². The molecule has 0 unspecified atom stereocenters. The molecule has 0 aliphatic carbocycles. The van der Waals surface area contributed by atoms with Crippen molar-refractivity contribution in [2.75, 3.05) is 26.2 Å². The predicted octanol–water partition coefficient (Wildman–Crippen LogP) is 3.01. The molecule has 1 aromatic rings. The normalized spacial score (nSPS) is 15.6. The summed E-state index contributed by atoms with van der Waals surface area (Å²) in [6, 6.07) is 5.05. The lowest BCUT2D eigenvalue weighted by Crippen LogP contribution is -2.21. The molecule has 1 saturated heterocycles. The van der Waals surface area contributed by atoms with Gasteiger partial charge in [-0.1, -0.05) is 0 Å². The van der Waals surface area contributed by atoms with Crippen LogP contribution in [0.5, 0.6) is 5.75 Å². The highest BCUT2D eigenvalue weighted by molar-refractivity contribution is 9.10. The molecule has 0 saturated carbocycles. The number of benzene rings is 1. The minimum atomic E-state index is -0.950. The van der Waals surface area contributed by atoms with E-state index in [4.69, 9.17) is 9.84 Å². The van der Waals surface area contributed by atoms with Gasteiger partial charge >= 0.3 is 5.97 Å². The fraction of sp³-hybridized carbons (Fsp3) is 0.500. The molecule has 0 bridgehead atoms. The number of carboxylic acids is 1. The number of carbonyl (C=O) groups is 1. The highest BCUT2D eigenvalue weighted by Gasteiger charge is 2.11. The maximum Gasteiger partial charge on any atom is 0.336 e. The van der Waals surface area contributed by atoms with E-state index in [1.54, 1.807) is 18.2 Å². The van der Waals surface area contributed by atoms with Gasteiger partial charge in [0.05, 0.1) is 12.2 Å². The van der Waals surface area contributed by atoms with Crippen molar-refractivity contribution in [1.82, 2.24) is 4.90 Å². The second-order valence-electron chi connectivity index (χ2n) is 4.70. The minimum absolute atomic E-state index is 0.233. The van der Waals surface area contributed by atoms with E-state index in [0.717, 1.165) is 13.0 Å². The van der Waals surface area contributed by atoms with Crippen LogP contribution in [-0.4, -0.2) is 42.2 Å². The summed E-state index contributed by atoms with van der Waals surface area (Å²) in [6.07, 6.45) is 3.57. The van der Waals surface area contributed by atoms with Crippen LogP contribution in [-0.2, 0) is 0 Å². The van der Waals surface area contributed by atoms with E-state index in [0.29, 0.717) is 16.8 Å². The van der Waals surface area contributed by atoms with Gasteiger partial charge < -0.3 is 14.7 Å². The molecule has 5 heteroatoms. The van der Waals surface area contributed by atoms with Crippen molar-refractivity contribution < 1.29 is 14.6 Å². The summed E-state index contributed by atoms with van der Waals surface area (Å²) in [5.74, 6) is -0.337. The van der Waals surface area contributed by atoms with Crippen molar-refractivity contribution >= 4 is 21.9 Å². The molecule has 1 heterocycles. The molecule has 0 amide bonds. The molecule has 1 fully saturated rings. The molecule has 1 aliphatic rings. The molecule has 0 radical (unpaired) electrons. The number of carboxylic acid groups (broad SMARTS) is 1. The summed E-state index contributed by atoms with van der Waals surface area (Å²) in [6.45, 7) is 4.07. The van der Waals surface area contributed by atoms with Crippen LogP contribution in [0, 0.1) is 0 Å². The smallest absolute Gasteiger partial charge is 0.336 e. The highest BCUT2D eigenvalue weighted by Crippen LogP contribution is 2.22. The van der Waals surface area contributed by atoms with Gasteiger partial charge in [-0.15, -0.1) is 0 Å². The van der Waals surface area contributed by atoms with Gasteiger partial charge in [0.2, 0.25) is 0 Å². The Morgan fingerprint density at radius 3 is 2.79 bits per heavy atom. The number of likely N-dealkylation sites (tertiary alicyclic amines) is 1. The van der Waals surface area contributed by atoms with E-state index in [2.05, 4.69) is 20.8 Å². The van der Waals surface area contributed by atoms with Gasteiger partial charge in [-0.2, -0.15) is 0 Å². The maximum absolute atomic E-state index is 11.0. The van der Waals surface area contributed by atoms with Crippen molar-refractivity contribution in [2.24, 2.45) is 0 Å². The Hall–Kier alpha value is -1.07. The van der Waals surface area contributed by atoms with Gasteiger partial charge in [0, 0.05) is 11.0 Å². The summed E-state index contributed by atoms with van der Waals surface area (Å²) in [5, 5.41) is 9.01. The van der Waals surface area contributed by atoms with Crippen LogP contribution in [0.4, 0.5) is 0 Å². The van der Waals surface area contributed by atoms with Crippen LogP contribution >= 0.6 is 15.9 Å². The Kier molecular flexibility index (Phi) is 5.22. The van der Waals surface area contributed by atoms with Crippen LogP contribution < -0.4 is 4.74 Å². The van der Waals surface area contributed by atoms with Crippen molar-refractivity contribution in [2.45, 2.75) is 19.3 Å². The van der Waals surface area contributed by atoms with Gasteiger partial charge in [0.15, 0.2) is 0 Å². The lowest BCUT2D eigenvalue weighted by Gasteiger charge is -2.14. The van der Waals surface area contributed by atoms with E-state index in [-0.39, 0.29) is 5.56 Å². The molecule has 104 valence electrons. The molecule has 19 heavy (non-hydrogen) atoms. The van der Waals surface area contributed by atoms with E-state index < -0.39 is 5.97 Å². The summed E-state index contributed by atoms with van der Waals surface area (Å²) < 4.78 is 6.17. The third-order valence-electron chi connectivity index (χ3n) is 3.25. The van der Waals surface area contributed by atoms with Crippen LogP contribution in [0.2, 0.25) is 0 Å². The molecular weight excluding hydrogens is 310 g/mol. The maximum atomic E-state index is 11.0. The summed E-state index contributed by atoms with van der Waals surface area (Å²) >= 11 is 3.21. The number of nitrogens with zero attached hydrogens (tertiary/aromatic N) is 1. The number of ether oxygens (including phenoxy) is 1. The second kappa shape index (κ2) is 6.91. The average molecular weight is 328 g/mol. The van der Waals surface area contributed by atoms with Crippen molar-refractivity contribution in [3.8, 4) is 5.75 Å². The lowest BCUT2D eigenvalue weighted by molar-refractivity contribution is 0.0695. The topological polar surface area (TPSA) is 49.8 Å². The number of aromatic carboxylic acids is 1. The van der Waals surface area contributed by atoms with Crippen molar-refractivity contribution in [3.05, 3.63) is 28.2 Å². The molecule has 0 spiro atoms. The second-order valence-corrected chi connectivity index (χ2v) is 5.55. The van der Waals surface area contributed by atoms with Crippen molar-refractivity contribution in [1.29, 1.82) is 0 Å². The molecule has 0 aromatic heterocycles. The largest absolute Gasteiger partial charge is 0.494 e. The first-order chi connectivity index (χ1) is 9.16. The predicted molar refractivity (Wildman–Crippen MR) is 76.9 cm³/mol. The lowest BCUT2D eigenvalue weighted by atomic mass is 10.2. The van der Waals surface area contributed by atoms with Crippen LogP contribution in [0.1, 0.15) is 29.6 Å². The van der Waals surface area contributed by atoms with Gasteiger partial charge in [-0.3, -0.25) is 0 Å². The van der Waals surface area contributed by atoms with Crippen LogP contribution in [0.15, 0.2) is 22.7 Å². The standard InChI is InChI=1S/C14H18BrNO3/c15-13-5-4-11(10-12(13)14(17)18)19-9-3-8-16-6-1-2-7-16/h4-5,10H,1-3,6-9H2,(H,17,18). The number of rotatable bonds is 6. The first-order valence-electron chi connectivity index (χ1n) is 6.55. The molecular formula is C14H18BrNO3. The van der Waals surface area contributed by atoms with Gasteiger partial charge in [-0.25, -0.2) is 4.79 Å². The van der Waals surface area contributed by atoms with E-state index in [1.165, 1.54) is 25.9 Å². The Morgan fingerprint density at radius 1 is 1.37 bits per heavy atom. The number of hydrogen-bond acceptors (Lipinski definition) is 3. The zero-order chi connectivity index (χ0) is 13.7. The average Bonchev–Trinajstić information content (AvgIpc) is 2.89. The van der Waals surface area contributed by atoms with E-state index in [1.807, 2.05) is 0 Å². The van der Waals surface area contributed by atoms with Crippen molar-refractivity contribution in [3.63, 3.8) is 0 Å². The van der Waals surface area contributed by atoms with Gasteiger partial charge in [0.25, 0.3) is 0 Å². The Labute approximate surface area is 121 Å². The molecule has 1 aliphatic heterocycles. The third-order valence-corrected chi connectivity index (χ3v) is 3.95. The summed E-state index contributed by atoms with van der Waals surface area (Å²) in [7, 11) is 0. The third kappa shape index (κ3) is 4.21. The summed E-state index contributed by atoms with van der Waals surface area (Å²) in [5.41, 5.74) is 0.233. The molecule has 1 N–H and O–H groups in total. The van der Waals surface area contributed by atoms with Gasteiger partial charge in [-0.05, 0) is 66.5 Å². The van der Waals surface area contributed by atoms with Crippen LogP contribution in [0.25, 0.3) is 0 Å². The minimum Gasteiger partial charge on any atom is -0.494 e. The first-order valence-corrected chi connectivity index (χ1v) is 7.34. The van der Waals surface area contributed by atoms with Crippen LogP contribution in [0.3, 0.4) is 0 Å². The Morgan fingerprint density at radius 2 is 2.11 bits per heavy atom. The SMILES string of the molecule is O=C(O)c1cc(OCCCN2CCCC2)ccc1Br. The monoisotopic (exact) mass is 327 g/mol.